The van der Waals surface area contributed by atoms with Gasteiger partial charge in [0.05, 0.1) is 23.1 Å². The first kappa shape index (κ1) is 16.1. The van der Waals surface area contributed by atoms with Crippen LogP contribution in [0.4, 0.5) is 0 Å². The van der Waals surface area contributed by atoms with Crippen molar-refractivity contribution in [3.63, 3.8) is 0 Å². The first-order valence-corrected chi connectivity index (χ1v) is 8.60. The molecule has 0 atom stereocenters. The number of nitrogens with zero attached hydrogens (tertiary/aromatic N) is 1. The van der Waals surface area contributed by atoms with Crippen LogP contribution in [0.15, 0.2) is 53.1 Å². The summed E-state index contributed by atoms with van der Waals surface area (Å²) in [5.74, 6) is 0.173. The number of pyridine rings is 1. The second-order valence-corrected chi connectivity index (χ2v) is 5.85. The molecule has 0 aliphatic heterocycles. The van der Waals surface area contributed by atoms with Crippen LogP contribution in [0.2, 0.25) is 0 Å². The van der Waals surface area contributed by atoms with Crippen molar-refractivity contribution in [2.75, 3.05) is 12.0 Å². The second-order valence-electron chi connectivity index (χ2n) is 4.98. The number of amides is 2. The molecule has 0 radical (unpaired) electrons. The summed E-state index contributed by atoms with van der Waals surface area (Å²) in [5, 5.41) is 0.699. The summed E-state index contributed by atoms with van der Waals surface area (Å²) in [6, 6.07) is 12.5. The average Bonchev–Trinajstić information content (AvgIpc) is 3.13. The SMILES string of the molecule is CSCC(=O)NNC(=O)c1cc(-c2ccco2)nc2ccccc12. The number of fused-ring (bicyclic) bond motifs is 1. The third-order valence-electron chi connectivity index (χ3n) is 3.33. The Labute approximate surface area is 142 Å². The van der Waals surface area contributed by atoms with Gasteiger partial charge in [-0.25, -0.2) is 4.98 Å². The molecule has 2 N–H and O–H groups in total. The molecule has 3 aromatic rings. The van der Waals surface area contributed by atoms with Crippen LogP contribution in [-0.4, -0.2) is 28.8 Å². The molecule has 2 aromatic heterocycles. The van der Waals surface area contributed by atoms with Crippen molar-refractivity contribution >= 4 is 34.5 Å². The zero-order chi connectivity index (χ0) is 16.9. The van der Waals surface area contributed by atoms with E-state index in [4.69, 9.17) is 4.42 Å². The van der Waals surface area contributed by atoms with Gasteiger partial charge in [0.2, 0.25) is 5.91 Å². The van der Waals surface area contributed by atoms with Crippen molar-refractivity contribution < 1.29 is 14.0 Å². The Morgan fingerprint density at radius 2 is 2.00 bits per heavy atom. The summed E-state index contributed by atoms with van der Waals surface area (Å²) in [4.78, 5) is 28.5. The predicted octanol–water partition coefficient (Wildman–Crippen LogP) is 2.62. The van der Waals surface area contributed by atoms with Crippen LogP contribution < -0.4 is 10.9 Å². The van der Waals surface area contributed by atoms with E-state index in [2.05, 4.69) is 15.8 Å². The fourth-order valence-electron chi connectivity index (χ4n) is 2.27. The zero-order valence-corrected chi connectivity index (χ0v) is 13.7. The first-order valence-electron chi connectivity index (χ1n) is 7.21. The molecule has 6 nitrogen and oxygen atoms in total. The molecule has 7 heteroatoms. The number of hydrogen-bond donors (Lipinski definition) is 2. The number of rotatable bonds is 4. The van der Waals surface area contributed by atoms with E-state index in [1.807, 2.05) is 30.5 Å². The number of carbonyl (C=O) groups excluding carboxylic acids is 2. The van der Waals surface area contributed by atoms with E-state index < -0.39 is 5.91 Å². The van der Waals surface area contributed by atoms with Crippen LogP contribution in [0, 0.1) is 0 Å². The summed E-state index contributed by atoms with van der Waals surface area (Å²) in [6.45, 7) is 0. The van der Waals surface area contributed by atoms with E-state index in [9.17, 15) is 9.59 Å². The zero-order valence-electron chi connectivity index (χ0n) is 12.9. The molecule has 0 unspecified atom stereocenters. The maximum atomic E-state index is 12.5. The average molecular weight is 341 g/mol. The van der Waals surface area contributed by atoms with Gasteiger partial charge in [0, 0.05) is 5.39 Å². The molecular formula is C17H15N3O3S. The Morgan fingerprint density at radius 3 is 2.75 bits per heavy atom. The van der Waals surface area contributed by atoms with Crippen molar-refractivity contribution in [2.24, 2.45) is 0 Å². The lowest BCUT2D eigenvalue weighted by molar-refractivity contribution is -0.119. The van der Waals surface area contributed by atoms with Crippen molar-refractivity contribution in [2.45, 2.75) is 0 Å². The van der Waals surface area contributed by atoms with Gasteiger partial charge < -0.3 is 4.42 Å². The second kappa shape index (κ2) is 7.18. The summed E-state index contributed by atoms with van der Waals surface area (Å²) >= 11 is 1.37. The molecule has 122 valence electrons. The lowest BCUT2D eigenvalue weighted by Crippen LogP contribution is -2.42. The summed E-state index contributed by atoms with van der Waals surface area (Å²) < 4.78 is 5.37. The molecule has 0 fully saturated rings. The Hall–Kier alpha value is -2.80. The highest BCUT2D eigenvalue weighted by atomic mass is 32.2. The molecule has 3 rings (SSSR count). The minimum Gasteiger partial charge on any atom is -0.463 e. The van der Waals surface area contributed by atoms with E-state index in [0.717, 1.165) is 0 Å². The van der Waals surface area contributed by atoms with Gasteiger partial charge in [-0.15, -0.1) is 0 Å². The Kier molecular flexibility index (Phi) is 4.81. The third-order valence-corrected chi connectivity index (χ3v) is 3.88. The number of thioether (sulfide) groups is 1. The Bertz CT molecular complexity index is 878. The van der Waals surface area contributed by atoms with Crippen LogP contribution in [-0.2, 0) is 4.79 Å². The number of nitrogens with one attached hydrogen (secondary N) is 2. The fraction of sp³-hybridized carbons (Fsp3) is 0.118. The van der Waals surface area contributed by atoms with Crippen LogP contribution in [0.3, 0.4) is 0 Å². The number of aromatic nitrogens is 1. The molecular weight excluding hydrogens is 326 g/mol. The van der Waals surface area contributed by atoms with Crippen LogP contribution in [0.25, 0.3) is 22.4 Å². The third kappa shape index (κ3) is 3.41. The number of carbonyl (C=O) groups is 2. The van der Waals surface area contributed by atoms with Gasteiger partial charge in [0.15, 0.2) is 5.76 Å². The molecule has 1 aromatic carbocycles. The normalized spacial score (nSPS) is 10.5. The van der Waals surface area contributed by atoms with Crippen molar-refractivity contribution in [3.8, 4) is 11.5 Å². The number of benzene rings is 1. The van der Waals surface area contributed by atoms with Gasteiger partial charge in [-0.05, 0) is 30.5 Å². The molecule has 0 aliphatic carbocycles. The minimum absolute atomic E-state index is 0.263. The summed E-state index contributed by atoms with van der Waals surface area (Å²) in [5.41, 5.74) is 6.48. The molecule has 2 amide bonds. The molecule has 0 spiro atoms. The van der Waals surface area contributed by atoms with E-state index in [-0.39, 0.29) is 11.7 Å². The highest BCUT2D eigenvalue weighted by molar-refractivity contribution is 7.99. The predicted molar refractivity (Wildman–Crippen MR) is 93.4 cm³/mol. The summed E-state index contributed by atoms with van der Waals surface area (Å²) in [7, 11) is 0. The topological polar surface area (TPSA) is 84.2 Å². The summed E-state index contributed by atoms with van der Waals surface area (Å²) in [6.07, 6.45) is 3.36. The fourth-order valence-corrected chi connectivity index (χ4v) is 2.61. The molecule has 0 saturated carbocycles. The standard InChI is InChI=1S/C17H15N3O3S/c1-24-10-16(21)19-20-17(22)12-9-14(15-7-4-8-23-15)18-13-6-3-2-5-11(12)13/h2-9H,10H2,1H3,(H,19,21)(H,20,22). The quantitative estimate of drug-likeness (QED) is 0.713. The molecule has 2 heterocycles. The lowest BCUT2D eigenvalue weighted by atomic mass is 10.1. The highest BCUT2D eigenvalue weighted by Gasteiger charge is 2.15. The van der Waals surface area contributed by atoms with Gasteiger partial charge in [-0.1, -0.05) is 18.2 Å². The van der Waals surface area contributed by atoms with Gasteiger partial charge in [-0.2, -0.15) is 11.8 Å². The smallest absolute Gasteiger partial charge is 0.270 e. The number of hydrazine groups is 1. The van der Waals surface area contributed by atoms with Crippen molar-refractivity contribution in [3.05, 3.63) is 54.3 Å². The van der Waals surface area contributed by atoms with Gasteiger partial charge in [0.25, 0.3) is 5.91 Å². The Morgan fingerprint density at radius 1 is 1.17 bits per heavy atom. The monoisotopic (exact) mass is 341 g/mol. The van der Waals surface area contributed by atoms with E-state index in [1.165, 1.54) is 11.8 Å². The van der Waals surface area contributed by atoms with Crippen LogP contribution in [0.1, 0.15) is 10.4 Å². The largest absolute Gasteiger partial charge is 0.463 e. The van der Waals surface area contributed by atoms with Crippen molar-refractivity contribution in [1.29, 1.82) is 0 Å². The minimum atomic E-state index is -0.407. The number of hydrogen-bond acceptors (Lipinski definition) is 5. The van der Waals surface area contributed by atoms with Gasteiger partial charge >= 0.3 is 0 Å². The number of para-hydroxylation sites is 1. The van der Waals surface area contributed by atoms with Crippen LogP contribution in [0.5, 0.6) is 0 Å². The number of furan rings is 1. The van der Waals surface area contributed by atoms with Gasteiger partial charge in [0.1, 0.15) is 5.69 Å². The van der Waals surface area contributed by atoms with E-state index in [0.29, 0.717) is 27.9 Å². The molecule has 0 aliphatic rings. The highest BCUT2D eigenvalue weighted by Crippen LogP contribution is 2.25. The van der Waals surface area contributed by atoms with E-state index >= 15 is 0 Å². The maximum absolute atomic E-state index is 12.5. The van der Waals surface area contributed by atoms with Crippen molar-refractivity contribution in [1.82, 2.24) is 15.8 Å². The van der Waals surface area contributed by atoms with Crippen LogP contribution >= 0.6 is 11.8 Å². The first-order chi connectivity index (χ1) is 11.7. The maximum Gasteiger partial charge on any atom is 0.270 e. The Balaban J connectivity index is 1.96. The lowest BCUT2D eigenvalue weighted by Gasteiger charge is -2.10. The van der Waals surface area contributed by atoms with Gasteiger partial charge in [-0.3, -0.25) is 20.4 Å². The molecule has 0 saturated heterocycles. The molecule has 24 heavy (non-hydrogen) atoms. The molecule has 0 bridgehead atoms. The van der Waals surface area contributed by atoms with E-state index in [1.54, 1.807) is 24.5 Å².